The molecule has 10 heteroatoms. The SMILES string of the molecule is O=C(CN1CCN(C(=O)c2sc3cc([N+](=O)[O-])ccc3c2Cl)CC1)NC1CC1. The summed E-state index contributed by atoms with van der Waals surface area (Å²) < 4.78 is 0.623. The molecule has 2 aromatic rings. The van der Waals surface area contributed by atoms with Gasteiger partial charge in [0.15, 0.2) is 0 Å². The number of nitro groups is 1. The van der Waals surface area contributed by atoms with Gasteiger partial charge in [0, 0.05) is 54.4 Å². The van der Waals surface area contributed by atoms with Crippen LogP contribution in [0.25, 0.3) is 10.1 Å². The van der Waals surface area contributed by atoms with Crippen LogP contribution in [0.3, 0.4) is 0 Å². The quantitative estimate of drug-likeness (QED) is 0.590. The number of amides is 2. The van der Waals surface area contributed by atoms with Gasteiger partial charge in [0.05, 0.1) is 16.5 Å². The molecule has 0 spiro atoms. The number of hydrogen-bond acceptors (Lipinski definition) is 6. The van der Waals surface area contributed by atoms with Gasteiger partial charge in [0.2, 0.25) is 5.91 Å². The number of hydrogen-bond donors (Lipinski definition) is 1. The lowest BCUT2D eigenvalue weighted by Gasteiger charge is -2.34. The molecular weight excluding hydrogens is 404 g/mol. The second-order valence-corrected chi connectivity index (χ2v) is 8.52. The Morgan fingerprint density at radius 1 is 1.25 bits per heavy atom. The molecule has 1 N–H and O–H groups in total. The van der Waals surface area contributed by atoms with E-state index in [1.54, 1.807) is 11.0 Å². The predicted octanol–water partition coefficient (Wildman–Crippen LogP) is 2.50. The standard InChI is InChI=1S/C18H19ClN4O4S/c19-16-13-4-3-12(23(26)27)9-14(13)28-17(16)18(25)22-7-5-21(6-8-22)10-15(24)20-11-1-2-11/h3-4,9,11H,1-2,5-8,10H2,(H,20,24). The molecule has 0 atom stereocenters. The fourth-order valence-electron chi connectivity index (χ4n) is 3.26. The Morgan fingerprint density at radius 2 is 1.96 bits per heavy atom. The van der Waals surface area contributed by atoms with Crippen LogP contribution in [0.15, 0.2) is 18.2 Å². The van der Waals surface area contributed by atoms with Crippen molar-refractivity contribution >= 4 is 50.5 Å². The van der Waals surface area contributed by atoms with Crippen molar-refractivity contribution in [1.29, 1.82) is 0 Å². The largest absolute Gasteiger partial charge is 0.352 e. The van der Waals surface area contributed by atoms with Crippen LogP contribution in [0.2, 0.25) is 5.02 Å². The Labute approximate surface area is 170 Å². The van der Waals surface area contributed by atoms with Crippen molar-refractivity contribution < 1.29 is 14.5 Å². The van der Waals surface area contributed by atoms with E-state index in [4.69, 9.17) is 11.6 Å². The Balaban J connectivity index is 1.41. The van der Waals surface area contributed by atoms with E-state index in [1.807, 2.05) is 4.90 Å². The molecule has 148 valence electrons. The minimum Gasteiger partial charge on any atom is -0.352 e. The highest BCUT2D eigenvalue weighted by Crippen LogP contribution is 2.38. The molecule has 1 aromatic heterocycles. The van der Waals surface area contributed by atoms with Gasteiger partial charge in [-0.1, -0.05) is 11.6 Å². The summed E-state index contributed by atoms with van der Waals surface area (Å²) in [5.74, 6) is -0.132. The van der Waals surface area contributed by atoms with Gasteiger partial charge in [0.25, 0.3) is 11.6 Å². The Morgan fingerprint density at radius 3 is 2.61 bits per heavy atom. The first-order valence-electron chi connectivity index (χ1n) is 9.10. The van der Waals surface area contributed by atoms with E-state index in [9.17, 15) is 19.7 Å². The lowest BCUT2D eigenvalue weighted by Crippen LogP contribution is -2.51. The normalized spacial score (nSPS) is 17.7. The van der Waals surface area contributed by atoms with Gasteiger partial charge in [-0.05, 0) is 18.9 Å². The highest BCUT2D eigenvalue weighted by molar-refractivity contribution is 7.21. The molecule has 4 rings (SSSR count). The van der Waals surface area contributed by atoms with Crippen LogP contribution in [0.4, 0.5) is 5.69 Å². The van der Waals surface area contributed by atoms with Gasteiger partial charge in [0.1, 0.15) is 4.88 Å². The number of nitrogens with one attached hydrogen (secondary N) is 1. The number of benzene rings is 1. The molecule has 1 saturated carbocycles. The van der Waals surface area contributed by atoms with E-state index >= 15 is 0 Å². The average molecular weight is 423 g/mol. The topological polar surface area (TPSA) is 95.8 Å². The lowest BCUT2D eigenvalue weighted by atomic mass is 10.2. The van der Waals surface area contributed by atoms with Crippen molar-refractivity contribution in [2.75, 3.05) is 32.7 Å². The first kappa shape index (κ1) is 19.1. The number of rotatable bonds is 5. The van der Waals surface area contributed by atoms with Crippen molar-refractivity contribution in [2.24, 2.45) is 0 Å². The van der Waals surface area contributed by atoms with Crippen LogP contribution in [0.5, 0.6) is 0 Å². The van der Waals surface area contributed by atoms with Crippen LogP contribution >= 0.6 is 22.9 Å². The van der Waals surface area contributed by atoms with Crippen LogP contribution in [0.1, 0.15) is 22.5 Å². The Kier molecular flexibility index (Phi) is 5.22. The zero-order valence-electron chi connectivity index (χ0n) is 15.0. The van der Waals surface area contributed by atoms with Gasteiger partial charge in [-0.15, -0.1) is 11.3 Å². The third kappa shape index (κ3) is 3.96. The highest BCUT2D eigenvalue weighted by atomic mass is 35.5. The van der Waals surface area contributed by atoms with Crippen LogP contribution < -0.4 is 5.32 Å². The van der Waals surface area contributed by atoms with Gasteiger partial charge in [-0.25, -0.2) is 0 Å². The zero-order chi connectivity index (χ0) is 19.8. The molecule has 28 heavy (non-hydrogen) atoms. The van der Waals surface area contributed by atoms with Gasteiger partial charge >= 0.3 is 0 Å². The summed E-state index contributed by atoms with van der Waals surface area (Å²) in [5.41, 5.74) is -0.0255. The molecule has 1 aromatic carbocycles. The fraction of sp³-hybridized carbons (Fsp3) is 0.444. The smallest absolute Gasteiger partial charge is 0.270 e. The summed E-state index contributed by atoms with van der Waals surface area (Å²) in [6.45, 7) is 2.63. The molecule has 8 nitrogen and oxygen atoms in total. The van der Waals surface area contributed by atoms with E-state index in [0.29, 0.717) is 58.8 Å². The number of piperazine rings is 1. The van der Waals surface area contributed by atoms with E-state index in [2.05, 4.69) is 5.32 Å². The van der Waals surface area contributed by atoms with Crippen molar-refractivity contribution in [3.63, 3.8) is 0 Å². The first-order chi connectivity index (χ1) is 13.4. The summed E-state index contributed by atoms with van der Waals surface area (Å²) in [6.07, 6.45) is 2.13. The molecule has 0 bridgehead atoms. The predicted molar refractivity (Wildman–Crippen MR) is 107 cm³/mol. The third-order valence-corrected chi connectivity index (χ3v) is 6.63. The third-order valence-electron chi connectivity index (χ3n) is 4.99. The molecule has 2 amide bonds. The molecule has 1 saturated heterocycles. The number of carbonyl (C=O) groups is 2. The van der Waals surface area contributed by atoms with E-state index in [0.717, 1.165) is 12.8 Å². The van der Waals surface area contributed by atoms with Gasteiger partial charge in [-0.2, -0.15) is 0 Å². The summed E-state index contributed by atoms with van der Waals surface area (Å²) >= 11 is 7.56. The number of halogens is 1. The fourth-order valence-corrected chi connectivity index (χ4v) is 4.77. The average Bonchev–Trinajstić information content (AvgIpc) is 3.43. The number of nitro benzene ring substituents is 1. The zero-order valence-corrected chi connectivity index (χ0v) is 16.6. The maximum atomic E-state index is 12.9. The number of nitrogens with zero attached hydrogens (tertiary/aromatic N) is 3. The summed E-state index contributed by atoms with van der Waals surface area (Å²) in [6, 6.07) is 4.76. The van der Waals surface area contributed by atoms with E-state index in [-0.39, 0.29) is 17.5 Å². The van der Waals surface area contributed by atoms with Crippen molar-refractivity contribution in [2.45, 2.75) is 18.9 Å². The highest BCUT2D eigenvalue weighted by Gasteiger charge is 2.28. The van der Waals surface area contributed by atoms with Crippen molar-refractivity contribution in [1.82, 2.24) is 15.1 Å². The number of thiophene rings is 1. The monoisotopic (exact) mass is 422 g/mol. The molecule has 0 radical (unpaired) electrons. The van der Waals surface area contributed by atoms with Gasteiger partial charge < -0.3 is 10.2 Å². The molecule has 0 unspecified atom stereocenters. The summed E-state index contributed by atoms with van der Waals surface area (Å²) in [7, 11) is 0. The maximum absolute atomic E-state index is 12.9. The lowest BCUT2D eigenvalue weighted by molar-refractivity contribution is -0.384. The molecule has 1 aliphatic carbocycles. The maximum Gasteiger partial charge on any atom is 0.270 e. The second-order valence-electron chi connectivity index (χ2n) is 7.09. The van der Waals surface area contributed by atoms with Crippen molar-refractivity contribution in [3.05, 3.63) is 38.2 Å². The van der Waals surface area contributed by atoms with Crippen LogP contribution in [0, 0.1) is 10.1 Å². The number of carbonyl (C=O) groups excluding carboxylic acids is 2. The number of fused-ring (bicyclic) bond motifs is 1. The van der Waals surface area contributed by atoms with Gasteiger partial charge in [-0.3, -0.25) is 24.6 Å². The van der Waals surface area contributed by atoms with E-state index in [1.165, 1.54) is 23.5 Å². The Hall–Kier alpha value is -2.23. The molecule has 2 heterocycles. The van der Waals surface area contributed by atoms with Crippen molar-refractivity contribution in [3.8, 4) is 0 Å². The minimum absolute atomic E-state index is 0.0255. The Bertz CT molecular complexity index is 950. The molecule has 1 aliphatic heterocycles. The summed E-state index contributed by atoms with van der Waals surface area (Å²) in [5, 5.41) is 14.9. The second kappa shape index (κ2) is 7.65. The molecule has 2 fully saturated rings. The number of non-ortho nitro benzene ring substituents is 1. The van der Waals surface area contributed by atoms with Crippen LogP contribution in [-0.2, 0) is 4.79 Å². The first-order valence-corrected chi connectivity index (χ1v) is 10.3. The molecule has 2 aliphatic rings. The molecular formula is C18H19ClN4O4S. The summed E-state index contributed by atoms with van der Waals surface area (Å²) in [4.78, 5) is 39.5. The van der Waals surface area contributed by atoms with Crippen LogP contribution in [-0.4, -0.2) is 65.3 Å². The van der Waals surface area contributed by atoms with E-state index < -0.39 is 4.92 Å². The minimum atomic E-state index is -0.465.